The molecule has 0 atom stereocenters. The molecule has 2 bridgehead atoms. The maximum Gasteiger partial charge on any atom is -0.0256 e. The van der Waals surface area contributed by atoms with Crippen molar-refractivity contribution in [3.05, 3.63) is 36.4 Å². The second kappa shape index (κ2) is 2.06. The predicted molar refractivity (Wildman–Crippen MR) is 41.9 cm³/mol. The van der Waals surface area contributed by atoms with Crippen molar-refractivity contribution in [1.82, 2.24) is 0 Å². The van der Waals surface area contributed by atoms with Crippen LogP contribution in [0.4, 0.5) is 0 Å². The Balaban J connectivity index is 0.000000405. The Labute approximate surface area is 55.5 Å². The first-order valence-corrected chi connectivity index (χ1v) is 2.73. The average molecular weight is 118 g/mol. The first-order chi connectivity index (χ1) is 3.95. The van der Waals surface area contributed by atoms with Crippen LogP contribution in [0.15, 0.2) is 36.4 Å². The third kappa shape index (κ3) is 0.879. The van der Waals surface area contributed by atoms with E-state index in [0.717, 1.165) is 0 Å². The quantitative estimate of drug-likeness (QED) is 0.499. The normalized spacial score (nSPS) is 9.33. The molecule has 0 saturated carbocycles. The fourth-order valence-electron chi connectivity index (χ4n) is 0.911. The molecule has 3 aromatic carbocycles. The summed E-state index contributed by atoms with van der Waals surface area (Å²) >= 11 is 0. The highest BCUT2D eigenvalue weighted by Gasteiger charge is 1.84. The van der Waals surface area contributed by atoms with Crippen LogP contribution in [0, 0.1) is 0 Å². The summed E-state index contributed by atoms with van der Waals surface area (Å²) in [5.41, 5.74) is 0. The molecule has 0 nitrogen and oxygen atoms in total. The zero-order chi connectivity index (χ0) is 5.40. The molecule has 0 N–H and O–H groups in total. The zero-order valence-electron chi connectivity index (χ0n) is 4.46. The number of hydrogen-bond donors (Lipinski definition) is 0. The minimum atomic E-state index is 0. The summed E-state index contributed by atoms with van der Waals surface area (Å²) < 4.78 is 0. The fourth-order valence-corrected chi connectivity index (χ4v) is 0.911. The molecule has 0 heterocycles. The summed E-state index contributed by atoms with van der Waals surface area (Å²) in [6.45, 7) is 0. The van der Waals surface area contributed by atoms with E-state index in [1.165, 1.54) is 10.8 Å². The molecule has 0 aliphatic rings. The van der Waals surface area contributed by atoms with Crippen LogP contribution in [-0.4, -0.2) is 0 Å². The lowest BCUT2D eigenvalue weighted by Gasteiger charge is -1.92. The molecular weight excluding hydrogens is 108 g/mol. The van der Waals surface area contributed by atoms with E-state index in [4.69, 9.17) is 0 Å². The highest BCUT2D eigenvalue weighted by molar-refractivity contribution is 5.68. The summed E-state index contributed by atoms with van der Waals surface area (Å²) in [4.78, 5) is 0. The molecule has 0 aromatic heterocycles. The van der Waals surface area contributed by atoms with Gasteiger partial charge in [-0.1, -0.05) is 43.8 Å². The van der Waals surface area contributed by atoms with Gasteiger partial charge in [-0.25, -0.2) is 0 Å². The van der Waals surface area contributed by atoms with Crippen LogP contribution < -0.4 is 0 Å². The van der Waals surface area contributed by atoms with E-state index in [1.807, 2.05) is 0 Å². The first kappa shape index (κ1) is 6.09. The van der Waals surface area contributed by atoms with Crippen LogP contribution in [0.1, 0.15) is 7.43 Å². The molecule has 0 fully saturated rings. The number of benzene rings is 3. The van der Waals surface area contributed by atoms with Crippen molar-refractivity contribution in [2.45, 2.75) is 7.43 Å². The lowest BCUT2D eigenvalue weighted by atomic mass is 10.1. The lowest BCUT2D eigenvalue weighted by molar-refractivity contribution is 1.76. The van der Waals surface area contributed by atoms with Gasteiger partial charge in [-0.2, -0.15) is 0 Å². The van der Waals surface area contributed by atoms with Gasteiger partial charge in [0.25, 0.3) is 0 Å². The Morgan fingerprint density at radius 2 is 0.778 bits per heavy atom. The molecule has 46 valence electrons. The molecule has 3 rings (SSSR count). The predicted octanol–water partition coefficient (Wildman–Crippen LogP) is 2.91. The van der Waals surface area contributed by atoms with Gasteiger partial charge in [0.15, 0.2) is 0 Å². The molecule has 9 heavy (non-hydrogen) atoms. The highest BCUT2D eigenvalue weighted by atomic mass is 13.9. The van der Waals surface area contributed by atoms with Crippen LogP contribution in [0.2, 0.25) is 0 Å². The second-order valence-corrected chi connectivity index (χ2v) is 2.00. The Hall–Kier alpha value is -1.04. The Kier molecular flexibility index (Phi) is 1.39. The Bertz CT molecular complexity index is 195. The minimum absolute atomic E-state index is 0. The topological polar surface area (TPSA) is 0 Å². The lowest BCUT2D eigenvalue weighted by Crippen LogP contribution is -1.67. The second-order valence-electron chi connectivity index (χ2n) is 2.00. The SMILES string of the molecule is C.c1cc2ccc1cc2. The van der Waals surface area contributed by atoms with Crippen LogP contribution in [0.5, 0.6) is 0 Å². The standard InChI is InChI=1S/C8H6.CH4/c1-2-8-5-3-7(1)4-6-8;/h1-6H;1H4. The Morgan fingerprint density at radius 1 is 0.556 bits per heavy atom. The minimum Gasteiger partial charge on any atom is -0.0776 e. The van der Waals surface area contributed by atoms with Gasteiger partial charge >= 0.3 is 0 Å². The van der Waals surface area contributed by atoms with Gasteiger partial charge in [-0.3, -0.25) is 0 Å². The molecular formula is C9H10. The summed E-state index contributed by atoms with van der Waals surface area (Å²) in [6, 6.07) is 12.7. The van der Waals surface area contributed by atoms with Crippen LogP contribution in [0.3, 0.4) is 0 Å². The number of hydrogen-bond acceptors (Lipinski definition) is 0. The third-order valence-electron chi connectivity index (χ3n) is 1.40. The molecule has 0 aliphatic carbocycles. The third-order valence-corrected chi connectivity index (χ3v) is 1.40. The van der Waals surface area contributed by atoms with Crippen LogP contribution in [0.25, 0.3) is 10.8 Å². The van der Waals surface area contributed by atoms with Crippen molar-refractivity contribution in [3.8, 4) is 0 Å². The molecule has 0 amide bonds. The highest BCUT2D eigenvalue weighted by Crippen LogP contribution is 2.09. The molecule has 0 aliphatic heterocycles. The van der Waals surface area contributed by atoms with Crippen molar-refractivity contribution in [3.63, 3.8) is 0 Å². The van der Waals surface area contributed by atoms with Crippen molar-refractivity contribution >= 4 is 10.8 Å². The van der Waals surface area contributed by atoms with Crippen molar-refractivity contribution in [1.29, 1.82) is 0 Å². The van der Waals surface area contributed by atoms with Gasteiger partial charge in [-0.05, 0) is 10.8 Å². The van der Waals surface area contributed by atoms with E-state index < -0.39 is 0 Å². The number of fused-ring (bicyclic) bond motifs is 3. The van der Waals surface area contributed by atoms with Crippen molar-refractivity contribution < 1.29 is 0 Å². The summed E-state index contributed by atoms with van der Waals surface area (Å²) in [5.74, 6) is 0. The van der Waals surface area contributed by atoms with Gasteiger partial charge in [-0.15, -0.1) is 0 Å². The van der Waals surface area contributed by atoms with Crippen molar-refractivity contribution in [2.75, 3.05) is 0 Å². The maximum absolute atomic E-state index is 2.12. The molecule has 0 unspecified atom stereocenters. The zero-order valence-corrected chi connectivity index (χ0v) is 4.46. The summed E-state index contributed by atoms with van der Waals surface area (Å²) in [7, 11) is 0. The molecule has 0 heteroatoms. The van der Waals surface area contributed by atoms with E-state index in [9.17, 15) is 0 Å². The van der Waals surface area contributed by atoms with Gasteiger partial charge in [0.05, 0.1) is 0 Å². The van der Waals surface area contributed by atoms with E-state index in [2.05, 4.69) is 36.4 Å². The van der Waals surface area contributed by atoms with E-state index >= 15 is 0 Å². The Morgan fingerprint density at radius 3 is 0.889 bits per heavy atom. The van der Waals surface area contributed by atoms with Gasteiger partial charge < -0.3 is 0 Å². The summed E-state index contributed by atoms with van der Waals surface area (Å²) in [6.07, 6.45) is 0. The molecule has 3 aromatic rings. The smallest absolute Gasteiger partial charge is 0.0256 e. The number of rotatable bonds is 0. The van der Waals surface area contributed by atoms with Crippen LogP contribution >= 0.6 is 0 Å². The molecule has 0 spiro atoms. The molecule has 0 saturated heterocycles. The van der Waals surface area contributed by atoms with Crippen LogP contribution in [-0.2, 0) is 0 Å². The average Bonchev–Trinajstić information content (AvgIpc) is 1.92. The van der Waals surface area contributed by atoms with E-state index in [-0.39, 0.29) is 7.43 Å². The largest absolute Gasteiger partial charge is 0.0776 e. The fraction of sp³-hybridized carbons (Fsp3) is 0.111. The summed E-state index contributed by atoms with van der Waals surface area (Å²) in [5, 5.41) is 2.61. The van der Waals surface area contributed by atoms with Crippen molar-refractivity contribution in [2.24, 2.45) is 0 Å². The van der Waals surface area contributed by atoms with E-state index in [0.29, 0.717) is 0 Å². The van der Waals surface area contributed by atoms with Gasteiger partial charge in [0.1, 0.15) is 0 Å². The first-order valence-electron chi connectivity index (χ1n) is 2.73. The van der Waals surface area contributed by atoms with E-state index in [1.54, 1.807) is 0 Å². The van der Waals surface area contributed by atoms with Gasteiger partial charge in [0.2, 0.25) is 0 Å². The van der Waals surface area contributed by atoms with Gasteiger partial charge in [0, 0.05) is 0 Å². The maximum atomic E-state index is 2.12. The monoisotopic (exact) mass is 118 g/mol. The molecule has 0 radical (unpaired) electrons.